The number of aromatic nitrogens is 1. The minimum atomic E-state index is 0.287. The fourth-order valence-corrected chi connectivity index (χ4v) is 3.37. The fourth-order valence-electron chi connectivity index (χ4n) is 3.37. The number of benzene rings is 1. The molecule has 0 saturated heterocycles. The van der Waals surface area contributed by atoms with Gasteiger partial charge in [0, 0.05) is 11.4 Å². The third-order valence-corrected chi connectivity index (χ3v) is 4.68. The summed E-state index contributed by atoms with van der Waals surface area (Å²) in [5.74, 6) is 0. The van der Waals surface area contributed by atoms with E-state index in [1.165, 1.54) is 35.4 Å². The number of nitrogens with zero attached hydrogens (tertiary/aromatic N) is 1. The average molecular weight is 268 g/mol. The van der Waals surface area contributed by atoms with Gasteiger partial charge < -0.3 is 5.43 Å². The van der Waals surface area contributed by atoms with Crippen molar-refractivity contribution in [1.82, 2.24) is 4.68 Å². The monoisotopic (exact) mass is 268 g/mol. The van der Waals surface area contributed by atoms with Crippen LogP contribution in [0.5, 0.6) is 0 Å². The van der Waals surface area contributed by atoms with Gasteiger partial charge in [0.25, 0.3) is 0 Å². The van der Waals surface area contributed by atoms with E-state index in [4.69, 9.17) is 0 Å². The molecular formula is C18H24N2. The quantitative estimate of drug-likeness (QED) is 0.851. The molecule has 0 amide bonds. The van der Waals surface area contributed by atoms with Gasteiger partial charge in [-0.2, -0.15) is 0 Å². The van der Waals surface area contributed by atoms with Crippen molar-refractivity contribution in [1.29, 1.82) is 0 Å². The largest absolute Gasteiger partial charge is 0.318 e. The van der Waals surface area contributed by atoms with Gasteiger partial charge >= 0.3 is 0 Å². The summed E-state index contributed by atoms with van der Waals surface area (Å²) >= 11 is 0. The van der Waals surface area contributed by atoms with Crippen LogP contribution in [0.3, 0.4) is 0 Å². The van der Waals surface area contributed by atoms with Crippen LogP contribution in [0.25, 0.3) is 0 Å². The zero-order valence-corrected chi connectivity index (χ0v) is 12.9. The molecule has 0 spiro atoms. The maximum Gasteiger partial charge on any atom is 0.0677 e. The number of nitrogens with one attached hydrogen (secondary N) is 1. The molecule has 0 fully saturated rings. The van der Waals surface area contributed by atoms with Crippen LogP contribution in [0.2, 0.25) is 0 Å². The summed E-state index contributed by atoms with van der Waals surface area (Å²) in [5.41, 5.74) is 9.48. The van der Waals surface area contributed by atoms with Crippen LogP contribution in [0.4, 0.5) is 0 Å². The number of hydrogen-bond acceptors (Lipinski definition) is 1. The van der Waals surface area contributed by atoms with E-state index in [1.807, 2.05) is 0 Å². The van der Waals surface area contributed by atoms with Crippen LogP contribution in [-0.4, -0.2) is 4.68 Å². The number of fused-ring (bicyclic) bond motifs is 1. The van der Waals surface area contributed by atoms with Crippen LogP contribution in [0.1, 0.15) is 55.2 Å². The predicted octanol–water partition coefficient (Wildman–Crippen LogP) is 4.46. The van der Waals surface area contributed by atoms with Gasteiger partial charge in [-0.1, -0.05) is 38.1 Å². The van der Waals surface area contributed by atoms with Gasteiger partial charge in [0.05, 0.1) is 6.04 Å². The van der Waals surface area contributed by atoms with Gasteiger partial charge in [-0.3, -0.25) is 4.68 Å². The SMILES string of the molecule is Cc1ccc(C)n1NC1CCC(C)(C)c2ccccc21. The molecule has 1 atom stereocenters. The van der Waals surface area contributed by atoms with Gasteiger partial charge in [0.1, 0.15) is 0 Å². The molecule has 1 unspecified atom stereocenters. The molecule has 1 aliphatic carbocycles. The Morgan fingerprint density at radius 2 is 1.70 bits per heavy atom. The third-order valence-electron chi connectivity index (χ3n) is 4.68. The van der Waals surface area contributed by atoms with Crippen molar-refractivity contribution >= 4 is 0 Å². The highest BCUT2D eigenvalue weighted by molar-refractivity contribution is 5.39. The van der Waals surface area contributed by atoms with E-state index >= 15 is 0 Å². The Labute approximate surface area is 121 Å². The first-order valence-electron chi connectivity index (χ1n) is 7.50. The molecule has 2 nitrogen and oxygen atoms in total. The molecule has 0 saturated carbocycles. The summed E-state index contributed by atoms with van der Waals surface area (Å²) in [6, 6.07) is 13.6. The molecule has 1 aromatic heterocycles. The van der Waals surface area contributed by atoms with Gasteiger partial charge in [-0.15, -0.1) is 0 Å². The maximum absolute atomic E-state index is 3.71. The van der Waals surface area contributed by atoms with E-state index in [1.54, 1.807) is 0 Å². The van der Waals surface area contributed by atoms with E-state index in [2.05, 4.69) is 74.2 Å². The Balaban J connectivity index is 1.97. The van der Waals surface area contributed by atoms with Gasteiger partial charge in [0.2, 0.25) is 0 Å². The van der Waals surface area contributed by atoms with Crippen molar-refractivity contribution in [3.05, 3.63) is 58.9 Å². The second-order valence-electron chi connectivity index (χ2n) is 6.64. The van der Waals surface area contributed by atoms with E-state index in [0.717, 1.165) is 0 Å². The Kier molecular flexibility index (Phi) is 3.12. The normalized spacial score (nSPS) is 20.5. The molecule has 2 heteroatoms. The lowest BCUT2D eigenvalue weighted by Crippen LogP contribution is -2.32. The van der Waals surface area contributed by atoms with Crippen LogP contribution in [-0.2, 0) is 5.41 Å². The van der Waals surface area contributed by atoms with Gasteiger partial charge in [0.15, 0.2) is 0 Å². The standard InChI is InChI=1S/C18H24N2/c1-13-9-10-14(2)20(13)19-17-11-12-18(3,4)16-8-6-5-7-15(16)17/h5-10,17,19H,11-12H2,1-4H3. The first kappa shape index (κ1) is 13.3. The minimum Gasteiger partial charge on any atom is -0.318 e. The van der Waals surface area contributed by atoms with Crippen molar-refractivity contribution < 1.29 is 0 Å². The molecule has 1 aliphatic rings. The number of rotatable bonds is 2. The molecule has 1 aromatic carbocycles. The minimum absolute atomic E-state index is 0.287. The van der Waals surface area contributed by atoms with E-state index in [9.17, 15) is 0 Å². The summed E-state index contributed by atoms with van der Waals surface area (Å²) in [7, 11) is 0. The van der Waals surface area contributed by atoms with Crippen LogP contribution >= 0.6 is 0 Å². The first-order valence-corrected chi connectivity index (χ1v) is 7.50. The summed E-state index contributed by atoms with van der Waals surface area (Å²) in [6.07, 6.45) is 2.40. The zero-order chi connectivity index (χ0) is 14.3. The first-order chi connectivity index (χ1) is 9.49. The summed E-state index contributed by atoms with van der Waals surface area (Å²) in [5, 5.41) is 0. The Morgan fingerprint density at radius 3 is 2.40 bits per heavy atom. The smallest absolute Gasteiger partial charge is 0.0677 e. The summed E-state index contributed by atoms with van der Waals surface area (Å²) in [4.78, 5) is 0. The summed E-state index contributed by atoms with van der Waals surface area (Å²) < 4.78 is 2.22. The Morgan fingerprint density at radius 1 is 1.05 bits per heavy atom. The van der Waals surface area contributed by atoms with Crippen molar-refractivity contribution in [2.75, 3.05) is 5.43 Å². The lowest BCUT2D eigenvalue weighted by molar-refractivity contribution is 0.394. The molecule has 1 N–H and O–H groups in total. The topological polar surface area (TPSA) is 17.0 Å². The predicted molar refractivity (Wildman–Crippen MR) is 84.7 cm³/mol. The molecule has 0 aliphatic heterocycles. The number of hydrogen-bond donors (Lipinski definition) is 1. The van der Waals surface area contributed by atoms with Crippen molar-refractivity contribution in [3.8, 4) is 0 Å². The average Bonchev–Trinajstić information content (AvgIpc) is 2.74. The molecule has 3 rings (SSSR count). The summed E-state index contributed by atoms with van der Waals surface area (Å²) in [6.45, 7) is 9.01. The van der Waals surface area contributed by atoms with E-state index in [0.29, 0.717) is 6.04 Å². The second kappa shape index (κ2) is 4.69. The molecule has 0 bridgehead atoms. The zero-order valence-electron chi connectivity index (χ0n) is 12.9. The van der Waals surface area contributed by atoms with E-state index < -0.39 is 0 Å². The molecule has 0 radical (unpaired) electrons. The van der Waals surface area contributed by atoms with Crippen molar-refractivity contribution in [2.45, 2.75) is 52.0 Å². The highest BCUT2D eigenvalue weighted by Crippen LogP contribution is 2.41. The second-order valence-corrected chi connectivity index (χ2v) is 6.64. The highest BCUT2D eigenvalue weighted by atomic mass is 15.4. The van der Waals surface area contributed by atoms with Crippen LogP contribution in [0.15, 0.2) is 36.4 Å². The van der Waals surface area contributed by atoms with Gasteiger partial charge in [-0.25, -0.2) is 0 Å². The Hall–Kier alpha value is -1.70. The lowest BCUT2D eigenvalue weighted by atomic mass is 9.71. The number of aryl methyl sites for hydroxylation is 2. The molecule has 20 heavy (non-hydrogen) atoms. The molecular weight excluding hydrogens is 244 g/mol. The molecule has 1 heterocycles. The molecule has 106 valence electrons. The van der Waals surface area contributed by atoms with Crippen molar-refractivity contribution in [2.24, 2.45) is 0 Å². The fraction of sp³-hybridized carbons (Fsp3) is 0.444. The lowest BCUT2D eigenvalue weighted by Gasteiger charge is -2.38. The van der Waals surface area contributed by atoms with E-state index in [-0.39, 0.29) is 5.41 Å². The van der Waals surface area contributed by atoms with Crippen molar-refractivity contribution in [3.63, 3.8) is 0 Å². The highest BCUT2D eigenvalue weighted by Gasteiger charge is 2.32. The van der Waals surface area contributed by atoms with Gasteiger partial charge in [-0.05, 0) is 55.4 Å². The molecule has 2 aromatic rings. The van der Waals surface area contributed by atoms with Crippen LogP contribution in [0, 0.1) is 13.8 Å². The Bertz CT molecular complexity index is 603. The maximum atomic E-state index is 3.71. The van der Waals surface area contributed by atoms with Crippen LogP contribution < -0.4 is 5.43 Å². The third kappa shape index (κ3) is 2.13.